The molecule has 1 aromatic heterocycles. The molecule has 0 aliphatic carbocycles. The number of benzene rings is 2. The van der Waals surface area contributed by atoms with Crippen LogP contribution < -0.4 is 10.5 Å². The smallest absolute Gasteiger partial charge is 0.286 e. The van der Waals surface area contributed by atoms with E-state index in [1.54, 1.807) is 4.68 Å². The third-order valence-electron chi connectivity index (χ3n) is 5.93. The Morgan fingerprint density at radius 3 is 2.30 bits per heavy atom. The minimum absolute atomic E-state index is 0.00645. The van der Waals surface area contributed by atoms with Crippen LogP contribution in [-0.4, -0.2) is 40.4 Å². The molecule has 0 amide bonds. The van der Waals surface area contributed by atoms with E-state index in [9.17, 15) is 4.79 Å². The van der Waals surface area contributed by atoms with E-state index < -0.39 is 0 Å². The van der Waals surface area contributed by atoms with Crippen molar-refractivity contribution in [1.29, 1.82) is 0 Å². The predicted octanol–water partition coefficient (Wildman–Crippen LogP) is 4.36. The summed E-state index contributed by atoms with van der Waals surface area (Å²) in [7, 11) is 0. The van der Waals surface area contributed by atoms with Crippen LogP contribution in [0, 0.1) is 13.8 Å². The largest absolute Gasteiger partial charge is 0.369 e. The van der Waals surface area contributed by atoms with Gasteiger partial charge in [0.2, 0.25) is 0 Å². The van der Waals surface area contributed by atoms with Crippen molar-refractivity contribution in [1.82, 2.24) is 14.3 Å². The lowest BCUT2D eigenvalue weighted by Gasteiger charge is -2.37. The monoisotopic (exact) mass is 468 g/mol. The van der Waals surface area contributed by atoms with Gasteiger partial charge in [-0.25, -0.2) is 4.68 Å². The maximum absolute atomic E-state index is 13.0. The molecule has 4 rings (SSSR count). The van der Waals surface area contributed by atoms with Crippen LogP contribution >= 0.6 is 15.9 Å². The highest BCUT2D eigenvalue weighted by Gasteiger charge is 2.23. The van der Waals surface area contributed by atoms with Gasteiger partial charge in [-0.15, -0.1) is 0 Å². The molecule has 6 heteroatoms. The summed E-state index contributed by atoms with van der Waals surface area (Å²) >= 11 is 3.59. The Hall–Kier alpha value is -2.31. The lowest BCUT2D eigenvalue weighted by molar-refractivity contribution is 0.241. The first-order valence-electron chi connectivity index (χ1n) is 10.6. The van der Waals surface area contributed by atoms with Gasteiger partial charge in [0.25, 0.3) is 5.56 Å². The molecule has 0 unspecified atom stereocenters. The lowest BCUT2D eigenvalue weighted by atomic mass is 10.1. The van der Waals surface area contributed by atoms with Gasteiger partial charge < -0.3 is 4.90 Å². The first kappa shape index (κ1) is 20.9. The van der Waals surface area contributed by atoms with Crippen LogP contribution in [-0.2, 0) is 13.1 Å². The molecule has 158 valence electrons. The Kier molecular flexibility index (Phi) is 6.16. The fourth-order valence-electron chi connectivity index (χ4n) is 4.39. The van der Waals surface area contributed by atoms with Crippen molar-refractivity contribution in [3.63, 3.8) is 0 Å². The molecule has 0 spiro atoms. The minimum Gasteiger partial charge on any atom is -0.369 e. The number of piperazine rings is 1. The fraction of sp³-hybridized carbons (Fsp3) is 0.375. The maximum atomic E-state index is 13.0. The molecule has 1 saturated heterocycles. The van der Waals surface area contributed by atoms with Gasteiger partial charge in [0, 0.05) is 45.0 Å². The summed E-state index contributed by atoms with van der Waals surface area (Å²) in [4.78, 5) is 17.9. The zero-order chi connectivity index (χ0) is 21.3. The summed E-state index contributed by atoms with van der Waals surface area (Å²) in [6.45, 7) is 11.9. The minimum atomic E-state index is 0.00645. The van der Waals surface area contributed by atoms with Crippen molar-refractivity contribution in [2.24, 2.45) is 0 Å². The molecule has 0 radical (unpaired) electrons. The normalized spacial score (nSPS) is 15.0. The number of anilines is 1. The van der Waals surface area contributed by atoms with E-state index >= 15 is 0 Å². The van der Waals surface area contributed by atoms with Gasteiger partial charge in [0.05, 0.1) is 11.4 Å². The van der Waals surface area contributed by atoms with Crippen molar-refractivity contribution < 1.29 is 0 Å². The molecule has 1 fully saturated rings. The third-order valence-corrected chi connectivity index (χ3v) is 6.72. The molecule has 0 N–H and O–H groups in total. The number of aryl methyl sites for hydroxylation is 2. The van der Waals surface area contributed by atoms with E-state index in [4.69, 9.17) is 0 Å². The van der Waals surface area contributed by atoms with Crippen molar-refractivity contribution in [2.45, 2.75) is 33.9 Å². The van der Waals surface area contributed by atoms with Crippen molar-refractivity contribution in [3.05, 3.63) is 80.2 Å². The second kappa shape index (κ2) is 8.82. The number of rotatable bonds is 5. The zero-order valence-corrected chi connectivity index (χ0v) is 19.5. The topological polar surface area (TPSA) is 33.4 Å². The summed E-state index contributed by atoms with van der Waals surface area (Å²) in [5.41, 5.74) is 5.93. The van der Waals surface area contributed by atoms with Crippen molar-refractivity contribution in [3.8, 4) is 5.69 Å². The summed E-state index contributed by atoms with van der Waals surface area (Å²) in [5, 5.41) is 0. The number of para-hydroxylation sites is 1. The molecular weight excluding hydrogens is 440 g/mol. The fourth-order valence-corrected chi connectivity index (χ4v) is 4.89. The summed E-state index contributed by atoms with van der Waals surface area (Å²) < 4.78 is 4.55. The van der Waals surface area contributed by atoms with E-state index in [1.807, 2.05) is 30.3 Å². The SMILES string of the molecule is CCn1c(CN2CCN(c3ccc(C)cc3C)CC2)c(Br)c(=O)n1-c1ccccc1. The van der Waals surface area contributed by atoms with Crippen LogP contribution in [0.15, 0.2) is 57.8 Å². The number of hydrogen-bond donors (Lipinski definition) is 0. The molecule has 2 aromatic carbocycles. The van der Waals surface area contributed by atoms with Gasteiger partial charge in [-0.2, -0.15) is 0 Å². The molecule has 2 heterocycles. The van der Waals surface area contributed by atoms with Crippen molar-refractivity contribution in [2.75, 3.05) is 31.1 Å². The van der Waals surface area contributed by atoms with E-state index in [0.29, 0.717) is 4.47 Å². The Balaban J connectivity index is 1.53. The molecular formula is C24H29BrN4O. The average molecular weight is 469 g/mol. The van der Waals surface area contributed by atoms with Gasteiger partial charge in [0.15, 0.2) is 0 Å². The molecule has 3 aromatic rings. The van der Waals surface area contributed by atoms with E-state index in [1.165, 1.54) is 16.8 Å². The van der Waals surface area contributed by atoms with E-state index in [2.05, 4.69) is 69.4 Å². The van der Waals surface area contributed by atoms with E-state index in [0.717, 1.165) is 50.6 Å². The highest BCUT2D eigenvalue weighted by Crippen LogP contribution is 2.24. The molecule has 1 aliphatic rings. The van der Waals surface area contributed by atoms with Gasteiger partial charge in [-0.3, -0.25) is 14.4 Å². The van der Waals surface area contributed by atoms with Crippen LogP contribution in [0.5, 0.6) is 0 Å². The Bertz CT molecular complexity index is 1080. The summed E-state index contributed by atoms with van der Waals surface area (Å²) in [6.07, 6.45) is 0. The quantitative estimate of drug-likeness (QED) is 0.557. The number of hydrogen-bond acceptors (Lipinski definition) is 3. The molecule has 5 nitrogen and oxygen atoms in total. The van der Waals surface area contributed by atoms with Gasteiger partial charge in [-0.1, -0.05) is 35.9 Å². The summed E-state index contributed by atoms with van der Waals surface area (Å²) in [5.74, 6) is 0. The highest BCUT2D eigenvalue weighted by atomic mass is 79.9. The molecule has 30 heavy (non-hydrogen) atoms. The number of nitrogens with zero attached hydrogens (tertiary/aromatic N) is 4. The Morgan fingerprint density at radius 2 is 1.67 bits per heavy atom. The van der Waals surface area contributed by atoms with Crippen LogP contribution in [0.4, 0.5) is 5.69 Å². The molecule has 0 atom stereocenters. The molecule has 0 bridgehead atoms. The Labute approximate surface area is 186 Å². The second-order valence-corrected chi connectivity index (χ2v) is 8.78. The maximum Gasteiger partial charge on any atom is 0.286 e. The van der Waals surface area contributed by atoms with Crippen LogP contribution in [0.3, 0.4) is 0 Å². The van der Waals surface area contributed by atoms with Gasteiger partial charge >= 0.3 is 0 Å². The Morgan fingerprint density at radius 1 is 0.967 bits per heavy atom. The standard InChI is InChI=1S/C24H29BrN4O/c1-4-28-22(23(25)24(30)29(28)20-8-6-5-7-9-20)17-26-12-14-27(15-13-26)21-11-10-18(2)16-19(21)3/h5-11,16H,4,12-15,17H2,1-3H3. The van der Waals surface area contributed by atoms with Crippen LogP contribution in [0.2, 0.25) is 0 Å². The summed E-state index contributed by atoms with van der Waals surface area (Å²) in [6, 6.07) is 16.6. The predicted molar refractivity (Wildman–Crippen MR) is 127 cm³/mol. The van der Waals surface area contributed by atoms with E-state index in [-0.39, 0.29) is 5.56 Å². The molecule has 0 saturated carbocycles. The highest BCUT2D eigenvalue weighted by molar-refractivity contribution is 9.10. The van der Waals surface area contributed by atoms with Crippen molar-refractivity contribution >= 4 is 21.6 Å². The average Bonchev–Trinajstić information content (AvgIpc) is 2.99. The third kappa shape index (κ3) is 3.98. The lowest BCUT2D eigenvalue weighted by Crippen LogP contribution is -2.46. The number of aromatic nitrogens is 2. The first-order valence-corrected chi connectivity index (χ1v) is 11.4. The first-order chi connectivity index (χ1) is 14.5. The van der Waals surface area contributed by atoms with Crippen LogP contribution in [0.1, 0.15) is 23.7 Å². The zero-order valence-electron chi connectivity index (χ0n) is 17.9. The number of halogens is 1. The molecule has 1 aliphatic heterocycles. The van der Waals surface area contributed by atoms with Gasteiger partial charge in [0.1, 0.15) is 4.47 Å². The van der Waals surface area contributed by atoms with Crippen LogP contribution in [0.25, 0.3) is 5.69 Å². The van der Waals surface area contributed by atoms with Gasteiger partial charge in [-0.05, 0) is 60.5 Å². The second-order valence-electron chi connectivity index (χ2n) is 7.98.